The van der Waals surface area contributed by atoms with Gasteiger partial charge in [0.25, 0.3) is 0 Å². The highest BCUT2D eigenvalue weighted by Gasteiger charge is 2.28. The quantitative estimate of drug-likeness (QED) is 0.628. The number of rotatable bonds is 2. The van der Waals surface area contributed by atoms with E-state index in [1.807, 2.05) is 4.68 Å². The number of aromatic nitrogens is 4. The van der Waals surface area contributed by atoms with Crippen molar-refractivity contribution in [1.82, 2.24) is 19.7 Å². The zero-order valence-corrected chi connectivity index (χ0v) is 11.9. The minimum Gasteiger partial charge on any atom is -0.469 e. The van der Waals surface area contributed by atoms with Gasteiger partial charge in [0.1, 0.15) is 0 Å². The first-order valence-corrected chi connectivity index (χ1v) is 7.00. The molecular weight excluding hydrogens is 280 g/mol. The second kappa shape index (κ2) is 5.36. The van der Waals surface area contributed by atoms with E-state index in [-0.39, 0.29) is 23.2 Å². The van der Waals surface area contributed by atoms with Gasteiger partial charge in [-0.3, -0.25) is 4.79 Å². The number of fused-ring (bicyclic) bond motifs is 1. The maximum absolute atomic E-state index is 11.5. The molecule has 0 N–H and O–H groups in total. The minimum absolute atomic E-state index is 0.0105. The Morgan fingerprint density at radius 3 is 2.80 bits per heavy atom. The molecule has 0 aromatic carbocycles. The minimum atomic E-state index is -0.112. The highest BCUT2D eigenvalue weighted by atomic mass is 35.5. The molecule has 1 fully saturated rings. The third kappa shape index (κ3) is 2.35. The predicted octanol–water partition coefficient (Wildman–Crippen LogP) is 2.38. The maximum atomic E-state index is 11.5. The van der Waals surface area contributed by atoms with Gasteiger partial charge in [0, 0.05) is 6.20 Å². The van der Waals surface area contributed by atoms with Crippen molar-refractivity contribution >= 4 is 28.6 Å². The standard InChI is InChI=1S/C13H15ClN4O2/c1-20-12(19)8-2-4-10(5-3-8)18-11-9(7-16-18)6-15-13(14)17-11/h6-8,10H,2-5H2,1H3. The van der Waals surface area contributed by atoms with Crippen LogP contribution in [0.25, 0.3) is 11.0 Å². The molecule has 1 aliphatic rings. The zero-order valence-electron chi connectivity index (χ0n) is 11.1. The van der Waals surface area contributed by atoms with Crippen LogP contribution in [0.15, 0.2) is 12.4 Å². The molecule has 7 heteroatoms. The van der Waals surface area contributed by atoms with Gasteiger partial charge in [0.2, 0.25) is 5.28 Å². The summed E-state index contributed by atoms with van der Waals surface area (Å²) in [5.41, 5.74) is 0.756. The Morgan fingerprint density at radius 2 is 2.10 bits per heavy atom. The third-order valence-electron chi connectivity index (χ3n) is 3.88. The van der Waals surface area contributed by atoms with Crippen LogP contribution in [-0.2, 0) is 9.53 Å². The molecule has 2 heterocycles. The highest BCUT2D eigenvalue weighted by Crippen LogP contribution is 2.33. The second-order valence-corrected chi connectivity index (χ2v) is 5.37. The first kappa shape index (κ1) is 13.3. The number of methoxy groups -OCH3 is 1. The summed E-state index contributed by atoms with van der Waals surface area (Å²) < 4.78 is 6.70. The molecule has 0 aliphatic heterocycles. The van der Waals surface area contributed by atoms with Crippen molar-refractivity contribution in [2.75, 3.05) is 7.11 Å². The van der Waals surface area contributed by atoms with Crippen LogP contribution in [0.5, 0.6) is 0 Å². The Kier molecular flexibility index (Phi) is 3.56. The number of halogens is 1. The molecule has 2 aromatic rings. The average molecular weight is 295 g/mol. The van der Waals surface area contributed by atoms with E-state index in [0.717, 1.165) is 36.7 Å². The summed E-state index contributed by atoms with van der Waals surface area (Å²) in [4.78, 5) is 19.7. The Labute approximate surface area is 121 Å². The van der Waals surface area contributed by atoms with Crippen LogP contribution in [0.3, 0.4) is 0 Å². The van der Waals surface area contributed by atoms with Gasteiger partial charge in [-0.25, -0.2) is 9.67 Å². The Balaban J connectivity index is 1.80. The van der Waals surface area contributed by atoms with Crippen molar-refractivity contribution in [3.63, 3.8) is 0 Å². The lowest BCUT2D eigenvalue weighted by Gasteiger charge is -2.27. The van der Waals surface area contributed by atoms with Crippen molar-refractivity contribution in [2.24, 2.45) is 5.92 Å². The summed E-state index contributed by atoms with van der Waals surface area (Å²) in [5, 5.41) is 5.49. The van der Waals surface area contributed by atoms with Crippen molar-refractivity contribution in [3.8, 4) is 0 Å². The number of carbonyl (C=O) groups is 1. The third-order valence-corrected chi connectivity index (χ3v) is 4.06. The number of hydrogen-bond acceptors (Lipinski definition) is 5. The Morgan fingerprint density at radius 1 is 1.35 bits per heavy atom. The molecule has 0 atom stereocenters. The van der Waals surface area contributed by atoms with E-state index >= 15 is 0 Å². The van der Waals surface area contributed by atoms with Gasteiger partial charge in [-0.2, -0.15) is 10.1 Å². The van der Waals surface area contributed by atoms with Crippen LogP contribution in [0.4, 0.5) is 0 Å². The van der Waals surface area contributed by atoms with E-state index in [0.29, 0.717) is 0 Å². The van der Waals surface area contributed by atoms with Gasteiger partial charge < -0.3 is 4.74 Å². The largest absolute Gasteiger partial charge is 0.469 e. The molecule has 0 radical (unpaired) electrons. The van der Waals surface area contributed by atoms with Crippen LogP contribution >= 0.6 is 11.6 Å². The topological polar surface area (TPSA) is 69.9 Å². The van der Waals surface area contributed by atoms with E-state index in [4.69, 9.17) is 16.3 Å². The lowest BCUT2D eigenvalue weighted by Crippen LogP contribution is -2.25. The molecule has 0 bridgehead atoms. The molecule has 0 saturated heterocycles. The number of carbonyl (C=O) groups excluding carboxylic acids is 1. The first-order chi connectivity index (χ1) is 9.69. The van der Waals surface area contributed by atoms with Crippen molar-refractivity contribution in [2.45, 2.75) is 31.7 Å². The highest BCUT2D eigenvalue weighted by molar-refractivity contribution is 6.28. The fourth-order valence-electron chi connectivity index (χ4n) is 2.80. The van der Waals surface area contributed by atoms with E-state index in [2.05, 4.69) is 15.1 Å². The number of ether oxygens (including phenoxy) is 1. The van der Waals surface area contributed by atoms with E-state index in [1.165, 1.54) is 7.11 Å². The Hall–Kier alpha value is -1.69. The van der Waals surface area contributed by atoms with Crippen molar-refractivity contribution < 1.29 is 9.53 Å². The second-order valence-electron chi connectivity index (χ2n) is 5.04. The summed E-state index contributed by atoms with van der Waals surface area (Å²) in [6, 6.07) is 0.249. The van der Waals surface area contributed by atoms with Crippen molar-refractivity contribution in [1.29, 1.82) is 0 Å². The van der Waals surface area contributed by atoms with Gasteiger partial charge in [-0.05, 0) is 37.3 Å². The monoisotopic (exact) mass is 294 g/mol. The number of hydrogen-bond donors (Lipinski definition) is 0. The van der Waals surface area contributed by atoms with Crippen LogP contribution in [-0.4, -0.2) is 32.8 Å². The lowest BCUT2D eigenvalue weighted by molar-refractivity contribution is -0.146. The molecule has 20 heavy (non-hydrogen) atoms. The predicted molar refractivity (Wildman–Crippen MR) is 73.3 cm³/mol. The SMILES string of the molecule is COC(=O)C1CCC(n2ncc3cnc(Cl)nc32)CC1. The summed E-state index contributed by atoms with van der Waals surface area (Å²) in [6.45, 7) is 0. The fourth-order valence-corrected chi connectivity index (χ4v) is 2.93. The van der Waals surface area contributed by atoms with Gasteiger partial charge in [-0.1, -0.05) is 0 Å². The molecule has 0 unspecified atom stereocenters. The number of esters is 1. The van der Waals surface area contributed by atoms with E-state index in [9.17, 15) is 4.79 Å². The van der Waals surface area contributed by atoms with Gasteiger partial charge in [-0.15, -0.1) is 0 Å². The van der Waals surface area contributed by atoms with Crippen LogP contribution in [0.2, 0.25) is 5.28 Å². The molecule has 1 aliphatic carbocycles. The summed E-state index contributed by atoms with van der Waals surface area (Å²) in [7, 11) is 1.44. The Bertz CT molecular complexity index is 634. The van der Waals surface area contributed by atoms with Crippen LogP contribution < -0.4 is 0 Å². The molecule has 3 rings (SSSR count). The maximum Gasteiger partial charge on any atom is 0.308 e. The molecule has 6 nitrogen and oxygen atoms in total. The van der Waals surface area contributed by atoms with Gasteiger partial charge >= 0.3 is 5.97 Å². The zero-order chi connectivity index (χ0) is 14.1. The average Bonchev–Trinajstić information content (AvgIpc) is 2.89. The summed E-state index contributed by atoms with van der Waals surface area (Å²) >= 11 is 5.85. The molecule has 1 saturated carbocycles. The molecule has 0 amide bonds. The molecule has 2 aromatic heterocycles. The molecular formula is C13H15ClN4O2. The van der Waals surface area contributed by atoms with E-state index in [1.54, 1.807) is 12.4 Å². The van der Waals surface area contributed by atoms with Gasteiger partial charge in [0.05, 0.1) is 30.7 Å². The van der Waals surface area contributed by atoms with Crippen LogP contribution in [0.1, 0.15) is 31.7 Å². The molecule has 0 spiro atoms. The summed E-state index contributed by atoms with van der Waals surface area (Å²) in [5.74, 6) is -0.101. The fraction of sp³-hybridized carbons (Fsp3) is 0.538. The van der Waals surface area contributed by atoms with Crippen molar-refractivity contribution in [3.05, 3.63) is 17.7 Å². The lowest BCUT2D eigenvalue weighted by atomic mass is 9.86. The smallest absolute Gasteiger partial charge is 0.308 e. The normalized spacial score (nSPS) is 22.9. The summed E-state index contributed by atoms with van der Waals surface area (Å²) in [6.07, 6.45) is 6.83. The van der Waals surface area contributed by atoms with Crippen LogP contribution in [0, 0.1) is 5.92 Å². The molecule has 106 valence electrons. The number of nitrogens with zero attached hydrogens (tertiary/aromatic N) is 4. The first-order valence-electron chi connectivity index (χ1n) is 6.62. The van der Waals surface area contributed by atoms with E-state index < -0.39 is 0 Å². The van der Waals surface area contributed by atoms with Gasteiger partial charge in [0.15, 0.2) is 5.65 Å².